The maximum atomic E-state index is 12.6. The lowest BCUT2D eigenvalue weighted by molar-refractivity contribution is -0.123. The molecule has 1 aromatic heterocycles. The third-order valence-corrected chi connectivity index (χ3v) is 4.71. The van der Waals surface area contributed by atoms with Crippen LogP contribution in [-0.4, -0.2) is 39.8 Å². The Hall–Kier alpha value is -2.38. The lowest BCUT2D eigenvalue weighted by Crippen LogP contribution is -2.45. The fraction of sp³-hybridized carbons (Fsp3) is 0.294. The molecule has 0 bridgehead atoms. The highest BCUT2D eigenvalue weighted by atomic mass is 35.5. The van der Waals surface area contributed by atoms with E-state index in [1.165, 1.54) is 11.1 Å². The van der Waals surface area contributed by atoms with Crippen molar-refractivity contribution in [2.24, 2.45) is 11.7 Å². The quantitative estimate of drug-likeness (QED) is 0.829. The second-order valence-electron chi connectivity index (χ2n) is 6.13. The first-order chi connectivity index (χ1) is 12.3. The molecule has 2 heterocycles. The summed E-state index contributed by atoms with van der Waals surface area (Å²) in [6.45, 7) is 0.674. The van der Waals surface area contributed by atoms with E-state index in [2.05, 4.69) is 9.97 Å². The van der Waals surface area contributed by atoms with Crippen LogP contribution in [0.3, 0.4) is 0 Å². The third kappa shape index (κ3) is 3.89. The molecule has 1 aliphatic rings. The SMILES string of the molecule is NC(=O)[C@H]1CCCN(C(=O)c2cnc(-c3cc(Cl)cc(Cl)c3)[nH]c2=O)C1. The summed E-state index contributed by atoms with van der Waals surface area (Å²) < 4.78 is 0. The molecule has 0 spiro atoms. The Bertz CT molecular complexity index is 908. The van der Waals surface area contributed by atoms with Gasteiger partial charge in [-0.25, -0.2) is 4.98 Å². The monoisotopic (exact) mass is 394 g/mol. The molecule has 1 atom stereocenters. The Labute approximate surface area is 159 Å². The number of amides is 2. The molecule has 3 N–H and O–H groups in total. The highest BCUT2D eigenvalue weighted by Crippen LogP contribution is 2.24. The minimum absolute atomic E-state index is 0.0907. The number of H-pyrrole nitrogens is 1. The molecule has 0 aliphatic carbocycles. The van der Waals surface area contributed by atoms with Crippen LogP contribution in [0.4, 0.5) is 0 Å². The number of halogens is 2. The summed E-state index contributed by atoms with van der Waals surface area (Å²) in [7, 11) is 0. The van der Waals surface area contributed by atoms with Gasteiger partial charge in [-0.15, -0.1) is 0 Å². The summed E-state index contributed by atoms with van der Waals surface area (Å²) >= 11 is 11.9. The van der Waals surface area contributed by atoms with E-state index >= 15 is 0 Å². The van der Waals surface area contributed by atoms with Gasteiger partial charge >= 0.3 is 0 Å². The second-order valence-corrected chi connectivity index (χ2v) is 7.00. The van der Waals surface area contributed by atoms with Gasteiger partial charge in [0.25, 0.3) is 11.5 Å². The Morgan fingerprint density at radius 3 is 2.54 bits per heavy atom. The van der Waals surface area contributed by atoms with Crippen molar-refractivity contribution in [3.05, 3.63) is 50.4 Å². The van der Waals surface area contributed by atoms with Crippen molar-refractivity contribution in [2.75, 3.05) is 13.1 Å². The largest absolute Gasteiger partial charge is 0.369 e. The number of hydrogen-bond acceptors (Lipinski definition) is 4. The first kappa shape index (κ1) is 18.4. The molecule has 136 valence electrons. The van der Waals surface area contributed by atoms with Gasteiger partial charge < -0.3 is 15.6 Å². The standard InChI is InChI=1S/C17H16Cl2N4O3/c18-11-4-10(5-12(19)6-11)15-21-7-13(16(25)22-15)17(26)23-3-1-2-9(8-23)14(20)24/h4-7,9H,1-3,8H2,(H2,20,24)(H,21,22,25)/t9-/m0/s1. The Kier molecular flexibility index (Phi) is 5.29. The molecule has 0 unspecified atom stereocenters. The summed E-state index contributed by atoms with van der Waals surface area (Å²) in [5.41, 5.74) is 5.20. The Morgan fingerprint density at radius 1 is 1.23 bits per heavy atom. The molecule has 0 radical (unpaired) electrons. The molecule has 1 aliphatic heterocycles. The van der Waals surface area contributed by atoms with Crippen LogP contribution in [0.2, 0.25) is 10.0 Å². The predicted octanol–water partition coefficient (Wildman–Crippen LogP) is 2.08. The number of carbonyl (C=O) groups is 2. The van der Waals surface area contributed by atoms with Gasteiger partial charge in [-0.3, -0.25) is 14.4 Å². The van der Waals surface area contributed by atoms with Crippen molar-refractivity contribution in [3.8, 4) is 11.4 Å². The summed E-state index contributed by atoms with van der Waals surface area (Å²) in [6.07, 6.45) is 2.52. The molecule has 1 aromatic carbocycles. The molecular weight excluding hydrogens is 379 g/mol. The van der Waals surface area contributed by atoms with Gasteiger partial charge in [-0.2, -0.15) is 0 Å². The first-order valence-corrected chi connectivity index (χ1v) is 8.75. The topological polar surface area (TPSA) is 109 Å². The van der Waals surface area contributed by atoms with Gasteiger partial charge in [-0.05, 0) is 31.0 Å². The molecule has 7 nitrogen and oxygen atoms in total. The number of primary amides is 1. The van der Waals surface area contributed by atoms with Gasteiger partial charge in [0.1, 0.15) is 11.4 Å². The zero-order valence-corrected chi connectivity index (χ0v) is 15.2. The van der Waals surface area contributed by atoms with Crippen molar-refractivity contribution in [3.63, 3.8) is 0 Å². The van der Waals surface area contributed by atoms with E-state index in [0.29, 0.717) is 35.0 Å². The number of nitrogens with one attached hydrogen (secondary N) is 1. The summed E-state index contributed by atoms with van der Waals surface area (Å²) in [6, 6.07) is 4.78. The predicted molar refractivity (Wildman–Crippen MR) is 98.1 cm³/mol. The lowest BCUT2D eigenvalue weighted by Gasteiger charge is -2.30. The second kappa shape index (κ2) is 7.47. The fourth-order valence-corrected chi connectivity index (χ4v) is 3.47. The minimum Gasteiger partial charge on any atom is -0.369 e. The normalized spacial score (nSPS) is 17.2. The number of carbonyl (C=O) groups excluding carboxylic acids is 2. The van der Waals surface area contributed by atoms with Crippen molar-refractivity contribution >= 4 is 35.0 Å². The highest BCUT2D eigenvalue weighted by Gasteiger charge is 2.28. The summed E-state index contributed by atoms with van der Waals surface area (Å²) in [5, 5.41) is 0.808. The third-order valence-electron chi connectivity index (χ3n) is 4.28. The van der Waals surface area contributed by atoms with Crippen LogP contribution in [0.5, 0.6) is 0 Å². The van der Waals surface area contributed by atoms with E-state index in [9.17, 15) is 14.4 Å². The molecule has 1 saturated heterocycles. The van der Waals surface area contributed by atoms with Gasteiger partial charge in [0.05, 0.1) is 5.92 Å². The fourth-order valence-electron chi connectivity index (χ4n) is 2.95. The van der Waals surface area contributed by atoms with E-state index in [1.54, 1.807) is 18.2 Å². The smallest absolute Gasteiger partial charge is 0.264 e. The highest BCUT2D eigenvalue weighted by molar-refractivity contribution is 6.35. The lowest BCUT2D eigenvalue weighted by atomic mass is 9.97. The van der Waals surface area contributed by atoms with Crippen LogP contribution in [0, 0.1) is 5.92 Å². The number of hydrogen-bond donors (Lipinski definition) is 2. The number of piperidine rings is 1. The van der Waals surface area contributed by atoms with E-state index in [-0.39, 0.29) is 17.9 Å². The molecule has 3 rings (SSSR count). The Balaban J connectivity index is 1.86. The zero-order valence-electron chi connectivity index (χ0n) is 13.7. The number of likely N-dealkylation sites (tertiary alicyclic amines) is 1. The van der Waals surface area contributed by atoms with Gasteiger partial charge in [0.15, 0.2) is 0 Å². The average molecular weight is 395 g/mol. The molecular formula is C17H16Cl2N4O3. The van der Waals surface area contributed by atoms with Crippen molar-refractivity contribution in [2.45, 2.75) is 12.8 Å². The number of rotatable bonds is 3. The molecule has 2 aromatic rings. The van der Waals surface area contributed by atoms with Gasteiger partial charge in [-0.1, -0.05) is 23.2 Å². The molecule has 2 amide bonds. The number of nitrogens with two attached hydrogens (primary N) is 1. The first-order valence-electron chi connectivity index (χ1n) is 7.99. The number of benzene rings is 1. The summed E-state index contributed by atoms with van der Waals surface area (Å²) in [4.78, 5) is 44.6. The molecule has 26 heavy (non-hydrogen) atoms. The number of aromatic nitrogens is 2. The van der Waals surface area contributed by atoms with E-state index in [1.807, 2.05) is 0 Å². The van der Waals surface area contributed by atoms with Crippen molar-refractivity contribution in [1.82, 2.24) is 14.9 Å². The molecule has 9 heteroatoms. The van der Waals surface area contributed by atoms with E-state index in [4.69, 9.17) is 28.9 Å². The average Bonchev–Trinajstić information content (AvgIpc) is 2.60. The van der Waals surface area contributed by atoms with Crippen LogP contribution >= 0.6 is 23.2 Å². The van der Waals surface area contributed by atoms with Crippen molar-refractivity contribution < 1.29 is 9.59 Å². The van der Waals surface area contributed by atoms with E-state index < -0.39 is 23.3 Å². The van der Waals surface area contributed by atoms with Crippen LogP contribution in [-0.2, 0) is 4.79 Å². The van der Waals surface area contributed by atoms with Crippen LogP contribution < -0.4 is 11.3 Å². The zero-order chi connectivity index (χ0) is 18.8. The summed E-state index contributed by atoms with van der Waals surface area (Å²) in [5.74, 6) is -1.06. The molecule has 1 fully saturated rings. The van der Waals surface area contributed by atoms with Crippen LogP contribution in [0.25, 0.3) is 11.4 Å². The number of nitrogens with zero attached hydrogens (tertiary/aromatic N) is 2. The van der Waals surface area contributed by atoms with Gasteiger partial charge in [0, 0.05) is 34.9 Å². The maximum Gasteiger partial charge on any atom is 0.264 e. The Morgan fingerprint density at radius 2 is 1.92 bits per heavy atom. The van der Waals surface area contributed by atoms with E-state index in [0.717, 1.165) is 0 Å². The van der Waals surface area contributed by atoms with Crippen molar-refractivity contribution in [1.29, 1.82) is 0 Å². The molecule has 0 saturated carbocycles. The van der Waals surface area contributed by atoms with Crippen LogP contribution in [0.15, 0.2) is 29.2 Å². The van der Waals surface area contributed by atoms with Crippen LogP contribution in [0.1, 0.15) is 23.2 Å². The maximum absolute atomic E-state index is 12.6. The minimum atomic E-state index is -0.572. The number of aromatic amines is 1. The van der Waals surface area contributed by atoms with Gasteiger partial charge in [0.2, 0.25) is 5.91 Å².